The number of rotatable bonds is 0. The average Bonchev–Trinajstić information content (AvgIpc) is 2.46. The number of nitrogens with zero attached hydrogens (tertiary/aromatic N) is 1. The fourth-order valence-corrected chi connectivity index (χ4v) is 2.89. The molecule has 2 saturated heterocycles. The SMILES string of the molecule is CN1C2CCCSC21. The van der Waals surface area contributed by atoms with Gasteiger partial charge in [0, 0.05) is 6.04 Å². The van der Waals surface area contributed by atoms with Crippen molar-refractivity contribution in [3.8, 4) is 0 Å². The Labute approximate surface area is 54.4 Å². The Bertz CT molecular complexity index is 92.7. The van der Waals surface area contributed by atoms with Crippen molar-refractivity contribution in [2.45, 2.75) is 24.3 Å². The van der Waals surface area contributed by atoms with Gasteiger partial charge < -0.3 is 0 Å². The highest BCUT2D eigenvalue weighted by Crippen LogP contribution is 2.42. The highest BCUT2D eigenvalue weighted by Gasteiger charge is 2.45. The molecular formula is C6H11NS. The summed E-state index contributed by atoms with van der Waals surface area (Å²) in [7, 11) is 2.23. The Morgan fingerprint density at radius 2 is 2.50 bits per heavy atom. The van der Waals surface area contributed by atoms with E-state index in [0.717, 1.165) is 11.4 Å². The molecule has 46 valence electrons. The minimum absolute atomic E-state index is 0.920. The molecule has 1 nitrogen and oxygen atoms in total. The minimum atomic E-state index is 0.920. The van der Waals surface area contributed by atoms with E-state index in [1.54, 1.807) is 0 Å². The fraction of sp³-hybridized carbons (Fsp3) is 1.00. The molecule has 2 heteroatoms. The number of likely N-dealkylation sites (N-methyl/N-ethyl adjacent to an activating group) is 1. The Morgan fingerprint density at radius 1 is 1.62 bits per heavy atom. The monoisotopic (exact) mass is 129 g/mol. The van der Waals surface area contributed by atoms with Crippen LogP contribution in [0.15, 0.2) is 0 Å². The molecule has 3 atom stereocenters. The van der Waals surface area contributed by atoms with Crippen molar-refractivity contribution in [3.05, 3.63) is 0 Å². The molecule has 0 N–H and O–H groups in total. The van der Waals surface area contributed by atoms with Gasteiger partial charge in [0.05, 0.1) is 5.37 Å². The third kappa shape index (κ3) is 0.594. The molecule has 0 radical (unpaired) electrons. The zero-order valence-electron chi connectivity index (χ0n) is 5.13. The van der Waals surface area contributed by atoms with Crippen molar-refractivity contribution < 1.29 is 0 Å². The van der Waals surface area contributed by atoms with Crippen LogP contribution in [0.1, 0.15) is 12.8 Å². The first-order valence-corrected chi connectivity index (χ1v) is 4.28. The Morgan fingerprint density at radius 3 is 3.00 bits per heavy atom. The van der Waals surface area contributed by atoms with Gasteiger partial charge in [-0.1, -0.05) is 0 Å². The third-order valence-corrected chi connectivity index (χ3v) is 3.61. The van der Waals surface area contributed by atoms with E-state index in [0.29, 0.717) is 0 Å². The van der Waals surface area contributed by atoms with Crippen LogP contribution in [0, 0.1) is 0 Å². The van der Waals surface area contributed by atoms with Crippen LogP contribution >= 0.6 is 11.8 Å². The van der Waals surface area contributed by atoms with Gasteiger partial charge in [-0.05, 0) is 25.6 Å². The summed E-state index contributed by atoms with van der Waals surface area (Å²) in [6, 6.07) is 0.966. The maximum absolute atomic E-state index is 2.47. The smallest absolute Gasteiger partial charge is 0.0715 e. The zero-order valence-corrected chi connectivity index (χ0v) is 5.95. The van der Waals surface area contributed by atoms with Gasteiger partial charge in [0.1, 0.15) is 0 Å². The second-order valence-corrected chi connectivity index (χ2v) is 3.86. The predicted octanol–water partition coefficient (Wildman–Crippen LogP) is 1.15. The molecule has 0 aromatic rings. The minimum Gasteiger partial charge on any atom is -0.288 e. The third-order valence-electron chi connectivity index (χ3n) is 2.10. The molecule has 8 heavy (non-hydrogen) atoms. The second-order valence-electron chi connectivity index (χ2n) is 2.64. The first-order valence-electron chi connectivity index (χ1n) is 3.23. The summed E-state index contributed by atoms with van der Waals surface area (Å²) in [5, 5.41) is 0.920. The summed E-state index contributed by atoms with van der Waals surface area (Å²) in [6.45, 7) is 0. The van der Waals surface area contributed by atoms with E-state index in [1.165, 1.54) is 18.6 Å². The van der Waals surface area contributed by atoms with Crippen LogP contribution in [0.5, 0.6) is 0 Å². The molecular weight excluding hydrogens is 118 g/mol. The van der Waals surface area contributed by atoms with Crippen LogP contribution in [0.25, 0.3) is 0 Å². The topological polar surface area (TPSA) is 3.01 Å². The molecule has 3 unspecified atom stereocenters. The van der Waals surface area contributed by atoms with Crippen molar-refractivity contribution in [2.24, 2.45) is 0 Å². The second kappa shape index (κ2) is 1.64. The van der Waals surface area contributed by atoms with Crippen LogP contribution in [-0.2, 0) is 0 Å². The van der Waals surface area contributed by atoms with Gasteiger partial charge in [0.25, 0.3) is 0 Å². The van der Waals surface area contributed by atoms with Gasteiger partial charge in [-0.2, -0.15) is 0 Å². The molecule has 0 aromatic carbocycles. The summed E-state index contributed by atoms with van der Waals surface area (Å²) in [5.74, 6) is 1.39. The van der Waals surface area contributed by atoms with Crippen LogP contribution < -0.4 is 0 Å². The Balaban J connectivity index is 1.97. The van der Waals surface area contributed by atoms with E-state index in [4.69, 9.17) is 0 Å². The van der Waals surface area contributed by atoms with Crippen molar-refractivity contribution >= 4 is 11.8 Å². The van der Waals surface area contributed by atoms with Gasteiger partial charge in [0.2, 0.25) is 0 Å². The molecule has 0 saturated carbocycles. The average molecular weight is 129 g/mol. The predicted molar refractivity (Wildman–Crippen MR) is 37.0 cm³/mol. The van der Waals surface area contributed by atoms with Crippen LogP contribution in [-0.4, -0.2) is 29.1 Å². The zero-order chi connectivity index (χ0) is 5.56. The highest BCUT2D eigenvalue weighted by molar-refractivity contribution is 8.00. The summed E-state index contributed by atoms with van der Waals surface area (Å²) in [6.07, 6.45) is 2.89. The highest BCUT2D eigenvalue weighted by atomic mass is 32.2. The number of hydrogen-bond donors (Lipinski definition) is 0. The fourth-order valence-electron chi connectivity index (χ4n) is 1.44. The van der Waals surface area contributed by atoms with E-state index in [-0.39, 0.29) is 0 Å². The number of hydrogen-bond acceptors (Lipinski definition) is 2. The van der Waals surface area contributed by atoms with Gasteiger partial charge in [0.15, 0.2) is 0 Å². The Kier molecular flexibility index (Phi) is 1.05. The largest absolute Gasteiger partial charge is 0.288 e. The molecule has 0 aromatic heterocycles. The lowest BCUT2D eigenvalue weighted by Crippen LogP contribution is -1.98. The lowest BCUT2D eigenvalue weighted by atomic mass is 10.2. The molecule has 0 amide bonds. The van der Waals surface area contributed by atoms with E-state index in [2.05, 4.69) is 23.7 Å². The summed E-state index contributed by atoms with van der Waals surface area (Å²) < 4.78 is 0. The standard InChI is InChI=1S/C6H11NS/c1-7-5-3-2-4-8-6(5)7/h5-6H,2-4H2,1H3. The number of thioether (sulfide) groups is 1. The lowest BCUT2D eigenvalue weighted by Gasteiger charge is -2.02. The van der Waals surface area contributed by atoms with Gasteiger partial charge in [-0.3, -0.25) is 4.90 Å². The molecule has 0 aliphatic carbocycles. The number of fused-ring (bicyclic) bond motifs is 1. The van der Waals surface area contributed by atoms with Crippen molar-refractivity contribution in [3.63, 3.8) is 0 Å². The van der Waals surface area contributed by atoms with E-state index in [1.807, 2.05) is 0 Å². The molecule has 2 rings (SSSR count). The first kappa shape index (κ1) is 5.12. The van der Waals surface area contributed by atoms with Gasteiger partial charge in [-0.25, -0.2) is 0 Å². The molecule has 2 aliphatic rings. The van der Waals surface area contributed by atoms with Gasteiger partial charge in [-0.15, -0.1) is 11.8 Å². The molecule has 2 heterocycles. The maximum atomic E-state index is 2.47. The van der Waals surface area contributed by atoms with E-state index in [9.17, 15) is 0 Å². The van der Waals surface area contributed by atoms with E-state index < -0.39 is 0 Å². The Hall–Kier alpha value is 0.310. The van der Waals surface area contributed by atoms with Crippen LogP contribution in [0.3, 0.4) is 0 Å². The summed E-state index contributed by atoms with van der Waals surface area (Å²) >= 11 is 2.13. The van der Waals surface area contributed by atoms with E-state index >= 15 is 0 Å². The van der Waals surface area contributed by atoms with Crippen molar-refractivity contribution in [1.82, 2.24) is 4.90 Å². The van der Waals surface area contributed by atoms with Crippen LogP contribution in [0.2, 0.25) is 0 Å². The molecule has 2 aliphatic heterocycles. The first-order chi connectivity index (χ1) is 3.89. The van der Waals surface area contributed by atoms with Crippen LogP contribution in [0.4, 0.5) is 0 Å². The summed E-state index contributed by atoms with van der Waals surface area (Å²) in [5.41, 5.74) is 0. The lowest BCUT2D eigenvalue weighted by molar-refractivity contribution is 0.585. The normalized spacial score (nSPS) is 52.9. The summed E-state index contributed by atoms with van der Waals surface area (Å²) in [4.78, 5) is 2.47. The maximum Gasteiger partial charge on any atom is 0.0715 e. The molecule has 2 fully saturated rings. The molecule has 0 bridgehead atoms. The quantitative estimate of drug-likeness (QED) is 0.451. The van der Waals surface area contributed by atoms with Crippen molar-refractivity contribution in [1.29, 1.82) is 0 Å². The molecule has 0 spiro atoms. The van der Waals surface area contributed by atoms with Crippen molar-refractivity contribution in [2.75, 3.05) is 12.8 Å². The van der Waals surface area contributed by atoms with Gasteiger partial charge >= 0.3 is 0 Å².